The lowest BCUT2D eigenvalue weighted by Crippen LogP contribution is -2.55. The summed E-state index contributed by atoms with van der Waals surface area (Å²) in [6.45, 7) is 3.57. The van der Waals surface area contributed by atoms with E-state index in [1.807, 2.05) is 12.1 Å². The number of methoxy groups -OCH3 is 1. The van der Waals surface area contributed by atoms with Crippen molar-refractivity contribution in [3.8, 4) is 0 Å². The van der Waals surface area contributed by atoms with E-state index in [0.717, 1.165) is 25.3 Å². The molecule has 5 nitrogen and oxygen atoms in total. The van der Waals surface area contributed by atoms with Crippen LogP contribution in [0.3, 0.4) is 0 Å². The Hall–Kier alpha value is -1.59. The monoisotopic (exact) mass is 263 g/mol. The number of esters is 1. The quantitative estimate of drug-likeness (QED) is 0.807. The molecule has 1 atom stereocenters. The van der Waals surface area contributed by atoms with E-state index in [-0.39, 0.29) is 5.97 Å². The lowest BCUT2D eigenvalue weighted by atomic mass is 10.1. The van der Waals surface area contributed by atoms with Crippen molar-refractivity contribution in [3.63, 3.8) is 0 Å². The second-order valence-corrected chi connectivity index (χ2v) is 4.88. The second-order valence-electron chi connectivity index (χ2n) is 4.88. The molecule has 2 rings (SSSR count). The highest BCUT2D eigenvalue weighted by atomic mass is 16.5. The average molecular weight is 263 g/mol. The van der Waals surface area contributed by atoms with Crippen LogP contribution in [0, 0.1) is 0 Å². The number of hydrogen-bond donors (Lipinski definition) is 1. The molecule has 0 radical (unpaired) electrons. The van der Waals surface area contributed by atoms with Crippen molar-refractivity contribution in [2.75, 3.05) is 45.2 Å². The summed E-state index contributed by atoms with van der Waals surface area (Å²) in [5, 5.41) is 0. The van der Waals surface area contributed by atoms with Crippen molar-refractivity contribution >= 4 is 11.7 Å². The highest BCUT2D eigenvalue weighted by Crippen LogP contribution is 2.20. The Labute approximate surface area is 113 Å². The van der Waals surface area contributed by atoms with Gasteiger partial charge in [-0.3, -0.25) is 0 Å². The van der Waals surface area contributed by atoms with Gasteiger partial charge in [0.05, 0.1) is 18.7 Å². The van der Waals surface area contributed by atoms with E-state index in [0.29, 0.717) is 18.2 Å². The smallest absolute Gasteiger partial charge is 0.337 e. The van der Waals surface area contributed by atoms with Crippen molar-refractivity contribution < 1.29 is 9.53 Å². The van der Waals surface area contributed by atoms with Gasteiger partial charge in [0, 0.05) is 31.9 Å². The highest BCUT2D eigenvalue weighted by molar-refractivity contribution is 5.89. The molecule has 0 saturated carbocycles. The molecular formula is C14H21N3O2. The Morgan fingerprint density at radius 2 is 2.05 bits per heavy atom. The minimum Gasteiger partial charge on any atom is -0.465 e. The Morgan fingerprint density at radius 1 is 1.37 bits per heavy atom. The van der Waals surface area contributed by atoms with E-state index < -0.39 is 0 Å². The van der Waals surface area contributed by atoms with Crippen LogP contribution in [-0.4, -0.2) is 57.2 Å². The molecule has 1 unspecified atom stereocenters. The third kappa shape index (κ3) is 3.05. The Kier molecular flexibility index (Phi) is 4.39. The zero-order valence-corrected chi connectivity index (χ0v) is 11.5. The fraction of sp³-hybridized carbons (Fsp3) is 0.500. The van der Waals surface area contributed by atoms with Crippen LogP contribution in [0.1, 0.15) is 10.4 Å². The molecule has 0 spiro atoms. The van der Waals surface area contributed by atoms with Gasteiger partial charge in [0.25, 0.3) is 0 Å². The SMILES string of the molecule is COC(=O)c1ccc(N2CCN(C)CC2CN)cc1. The molecule has 2 N–H and O–H groups in total. The third-order valence-electron chi connectivity index (χ3n) is 3.58. The maximum Gasteiger partial charge on any atom is 0.337 e. The lowest BCUT2D eigenvalue weighted by molar-refractivity contribution is 0.0601. The summed E-state index contributed by atoms with van der Waals surface area (Å²) in [4.78, 5) is 16.0. The standard InChI is InChI=1S/C14H21N3O2/c1-16-7-8-17(13(9-15)10-16)12-5-3-11(4-6-12)14(18)19-2/h3-6,13H,7-10,15H2,1-2H3. The number of anilines is 1. The Bertz CT molecular complexity index is 433. The maximum atomic E-state index is 11.4. The van der Waals surface area contributed by atoms with Gasteiger partial charge in [-0.2, -0.15) is 0 Å². The number of carbonyl (C=O) groups excluding carboxylic acids is 1. The molecule has 1 saturated heterocycles. The summed E-state index contributed by atoms with van der Waals surface area (Å²) in [6, 6.07) is 7.84. The van der Waals surface area contributed by atoms with Crippen molar-refractivity contribution in [1.29, 1.82) is 0 Å². The number of likely N-dealkylation sites (N-methyl/N-ethyl adjacent to an activating group) is 1. The predicted octanol–water partition coefficient (Wildman–Crippen LogP) is 0.552. The van der Waals surface area contributed by atoms with Gasteiger partial charge in [-0.15, -0.1) is 0 Å². The number of ether oxygens (including phenoxy) is 1. The lowest BCUT2D eigenvalue weighted by Gasteiger charge is -2.41. The van der Waals surface area contributed by atoms with Crippen LogP contribution in [0.25, 0.3) is 0 Å². The van der Waals surface area contributed by atoms with Gasteiger partial charge in [-0.1, -0.05) is 0 Å². The zero-order chi connectivity index (χ0) is 13.8. The number of carbonyl (C=O) groups is 1. The van der Waals surface area contributed by atoms with E-state index in [9.17, 15) is 4.79 Å². The van der Waals surface area contributed by atoms with Crippen LogP contribution in [-0.2, 0) is 4.74 Å². The van der Waals surface area contributed by atoms with Gasteiger partial charge in [0.15, 0.2) is 0 Å². The minimum atomic E-state index is -0.305. The number of nitrogens with zero attached hydrogens (tertiary/aromatic N) is 2. The number of piperazine rings is 1. The first kappa shape index (κ1) is 13.8. The van der Waals surface area contributed by atoms with Crippen LogP contribution in [0.4, 0.5) is 5.69 Å². The Morgan fingerprint density at radius 3 is 2.63 bits per heavy atom. The van der Waals surface area contributed by atoms with Gasteiger partial charge >= 0.3 is 5.97 Å². The molecular weight excluding hydrogens is 242 g/mol. The molecule has 0 aliphatic carbocycles. The third-order valence-corrected chi connectivity index (χ3v) is 3.58. The molecule has 0 aromatic heterocycles. The van der Waals surface area contributed by atoms with Gasteiger partial charge in [-0.05, 0) is 31.3 Å². The van der Waals surface area contributed by atoms with Gasteiger partial charge in [-0.25, -0.2) is 4.79 Å². The van der Waals surface area contributed by atoms with Gasteiger partial charge in [0.2, 0.25) is 0 Å². The first-order valence-corrected chi connectivity index (χ1v) is 6.49. The molecule has 1 aromatic carbocycles. The number of nitrogens with two attached hydrogens (primary N) is 1. The summed E-state index contributed by atoms with van der Waals surface area (Å²) in [5.41, 5.74) is 7.53. The first-order valence-electron chi connectivity index (χ1n) is 6.49. The van der Waals surface area contributed by atoms with E-state index in [2.05, 4.69) is 16.8 Å². The molecule has 0 amide bonds. The zero-order valence-electron chi connectivity index (χ0n) is 11.5. The number of benzene rings is 1. The minimum absolute atomic E-state index is 0.305. The van der Waals surface area contributed by atoms with Crippen molar-refractivity contribution in [1.82, 2.24) is 4.90 Å². The van der Waals surface area contributed by atoms with E-state index in [1.165, 1.54) is 7.11 Å². The second kappa shape index (κ2) is 6.04. The predicted molar refractivity (Wildman–Crippen MR) is 75.5 cm³/mol. The molecule has 19 heavy (non-hydrogen) atoms. The average Bonchev–Trinajstić information content (AvgIpc) is 2.46. The number of hydrogen-bond acceptors (Lipinski definition) is 5. The normalized spacial score (nSPS) is 20.4. The van der Waals surface area contributed by atoms with Crippen LogP contribution in [0.2, 0.25) is 0 Å². The van der Waals surface area contributed by atoms with Crippen LogP contribution < -0.4 is 10.6 Å². The molecule has 1 aromatic rings. The maximum absolute atomic E-state index is 11.4. The summed E-state index contributed by atoms with van der Waals surface area (Å²) in [6.07, 6.45) is 0. The van der Waals surface area contributed by atoms with Crippen molar-refractivity contribution in [2.45, 2.75) is 6.04 Å². The fourth-order valence-corrected chi connectivity index (χ4v) is 2.46. The molecule has 1 aliphatic rings. The summed E-state index contributed by atoms with van der Waals surface area (Å²) in [7, 11) is 3.50. The van der Waals surface area contributed by atoms with E-state index >= 15 is 0 Å². The topological polar surface area (TPSA) is 58.8 Å². The summed E-state index contributed by atoms with van der Waals surface area (Å²) < 4.78 is 4.70. The van der Waals surface area contributed by atoms with Crippen LogP contribution in [0.15, 0.2) is 24.3 Å². The number of rotatable bonds is 3. The molecule has 1 fully saturated rings. The van der Waals surface area contributed by atoms with E-state index in [1.54, 1.807) is 12.1 Å². The molecule has 5 heteroatoms. The van der Waals surface area contributed by atoms with Gasteiger partial charge < -0.3 is 20.3 Å². The van der Waals surface area contributed by atoms with Crippen molar-refractivity contribution in [2.24, 2.45) is 5.73 Å². The van der Waals surface area contributed by atoms with E-state index in [4.69, 9.17) is 10.5 Å². The molecule has 1 aliphatic heterocycles. The molecule has 0 bridgehead atoms. The summed E-state index contributed by atoms with van der Waals surface area (Å²) >= 11 is 0. The first-order chi connectivity index (χ1) is 9.15. The molecule has 104 valence electrons. The largest absolute Gasteiger partial charge is 0.465 e. The fourth-order valence-electron chi connectivity index (χ4n) is 2.46. The Balaban J connectivity index is 2.14. The van der Waals surface area contributed by atoms with Crippen LogP contribution in [0.5, 0.6) is 0 Å². The van der Waals surface area contributed by atoms with Gasteiger partial charge in [0.1, 0.15) is 0 Å². The molecule has 1 heterocycles. The summed E-state index contributed by atoms with van der Waals surface area (Å²) in [5.74, 6) is -0.305. The van der Waals surface area contributed by atoms with Crippen molar-refractivity contribution in [3.05, 3.63) is 29.8 Å². The highest BCUT2D eigenvalue weighted by Gasteiger charge is 2.24. The van der Waals surface area contributed by atoms with Crippen LogP contribution >= 0.6 is 0 Å².